The molecule has 5 nitrogen and oxygen atoms in total. The second-order valence-corrected chi connectivity index (χ2v) is 4.61. The van der Waals surface area contributed by atoms with E-state index in [0.29, 0.717) is 25.2 Å². The molecule has 0 bridgehead atoms. The fourth-order valence-corrected chi connectivity index (χ4v) is 2.39. The molecule has 0 aromatic heterocycles. The highest BCUT2D eigenvalue weighted by molar-refractivity contribution is 6.05. The summed E-state index contributed by atoms with van der Waals surface area (Å²) in [5.74, 6) is -0.0656. The number of carbonyl (C=O) groups excluding carboxylic acids is 2. The van der Waals surface area contributed by atoms with Gasteiger partial charge in [0.15, 0.2) is 0 Å². The fraction of sp³-hybridized carbons (Fsp3) is 0.429. The van der Waals surface area contributed by atoms with E-state index in [1.807, 2.05) is 19.9 Å². The van der Waals surface area contributed by atoms with Crippen molar-refractivity contribution in [2.75, 3.05) is 30.3 Å². The van der Waals surface area contributed by atoms with Crippen molar-refractivity contribution in [3.8, 4) is 0 Å². The predicted octanol–water partition coefficient (Wildman–Crippen LogP) is 1.03. The van der Waals surface area contributed by atoms with Gasteiger partial charge in [-0.05, 0) is 37.6 Å². The van der Waals surface area contributed by atoms with E-state index in [1.165, 1.54) is 0 Å². The van der Waals surface area contributed by atoms with E-state index in [0.717, 1.165) is 11.3 Å². The van der Waals surface area contributed by atoms with Crippen LogP contribution in [0.5, 0.6) is 0 Å². The van der Waals surface area contributed by atoms with Crippen molar-refractivity contribution in [3.05, 3.63) is 23.8 Å². The zero-order valence-corrected chi connectivity index (χ0v) is 11.3. The summed E-state index contributed by atoms with van der Waals surface area (Å²) >= 11 is 0. The van der Waals surface area contributed by atoms with Crippen LogP contribution in [0.4, 0.5) is 11.4 Å². The third-order valence-electron chi connectivity index (χ3n) is 3.45. The SMILES string of the molecule is CCN(CC)C(=O)CN1C(=O)Cc2cc(N)ccc21. The van der Waals surface area contributed by atoms with E-state index in [4.69, 9.17) is 5.73 Å². The Morgan fingerprint density at radius 1 is 1.37 bits per heavy atom. The van der Waals surface area contributed by atoms with E-state index >= 15 is 0 Å². The first kappa shape index (κ1) is 13.4. The highest BCUT2D eigenvalue weighted by atomic mass is 16.2. The molecule has 2 amide bonds. The number of fused-ring (bicyclic) bond motifs is 1. The monoisotopic (exact) mass is 261 g/mol. The van der Waals surface area contributed by atoms with E-state index in [1.54, 1.807) is 21.9 Å². The fourth-order valence-electron chi connectivity index (χ4n) is 2.39. The summed E-state index contributed by atoms with van der Waals surface area (Å²) in [5.41, 5.74) is 8.06. The molecular weight excluding hydrogens is 242 g/mol. The van der Waals surface area contributed by atoms with Crippen LogP contribution in [0.25, 0.3) is 0 Å². The van der Waals surface area contributed by atoms with Gasteiger partial charge in [-0.2, -0.15) is 0 Å². The molecular formula is C14H19N3O2. The lowest BCUT2D eigenvalue weighted by Gasteiger charge is -2.23. The van der Waals surface area contributed by atoms with Gasteiger partial charge in [0.1, 0.15) is 6.54 Å². The number of anilines is 2. The number of nitrogens with two attached hydrogens (primary N) is 1. The zero-order valence-electron chi connectivity index (χ0n) is 11.3. The third-order valence-corrected chi connectivity index (χ3v) is 3.45. The molecule has 2 rings (SSSR count). The van der Waals surface area contributed by atoms with Gasteiger partial charge in [-0.3, -0.25) is 9.59 Å². The molecule has 0 unspecified atom stereocenters. The molecule has 0 radical (unpaired) electrons. The minimum atomic E-state index is -0.0406. The van der Waals surface area contributed by atoms with Gasteiger partial charge in [0.2, 0.25) is 11.8 Å². The van der Waals surface area contributed by atoms with Crippen LogP contribution < -0.4 is 10.6 Å². The van der Waals surface area contributed by atoms with Crippen molar-refractivity contribution in [2.24, 2.45) is 0 Å². The standard InChI is InChI=1S/C14H19N3O2/c1-3-16(4-2)14(19)9-17-12-6-5-11(15)7-10(12)8-13(17)18/h5-7H,3-4,8-9,15H2,1-2H3. The van der Waals surface area contributed by atoms with Gasteiger partial charge in [0.05, 0.1) is 6.42 Å². The molecule has 19 heavy (non-hydrogen) atoms. The van der Waals surface area contributed by atoms with Gasteiger partial charge < -0.3 is 15.5 Å². The van der Waals surface area contributed by atoms with E-state index in [2.05, 4.69) is 0 Å². The van der Waals surface area contributed by atoms with E-state index < -0.39 is 0 Å². The molecule has 0 spiro atoms. The maximum atomic E-state index is 12.1. The lowest BCUT2D eigenvalue weighted by molar-refractivity contribution is -0.130. The number of hydrogen-bond acceptors (Lipinski definition) is 3. The summed E-state index contributed by atoms with van der Waals surface area (Å²) in [5, 5.41) is 0. The maximum Gasteiger partial charge on any atom is 0.242 e. The highest BCUT2D eigenvalue weighted by Gasteiger charge is 2.29. The van der Waals surface area contributed by atoms with Gasteiger partial charge in [0.25, 0.3) is 0 Å². The van der Waals surface area contributed by atoms with Gasteiger partial charge >= 0.3 is 0 Å². The summed E-state index contributed by atoms with van der Waals surface area (Å²) in [4.78, 5) is 27.4. The molecule has 1 aliphatic rings. The molecule has 102 valence electrons. The Hall–Kier alpha value is -2.04. The Balaban J connectivity index is 2.18. The van der Waals surface area contributed by atoms with Crippen LogP contribution in [0.2, 0.25) is 0 Å². The van der Waals surface area contributed by atoms with Crippen LogP contribution in [0.1, 0.15) is 19.4 Å². The molecule has 0 aliphatic carbocycles. The number of likely N-dealkylation sites (N-methyl/N-ethyl adjacent to an activating group) is 1. The Morgan fingerprint density at radius 2 is 2.05 bits per heavy atom. The van der Waals surface area contributed by atoms with E-state index in [9.17, 15) is 9.59 Å². The lowest BCUT2D eigenvalue weighted by Crippen LogP contribution is -2.41. The van der Waals surface area contributed by atoms with Crippen molar-refractivity contribution in [1.29, 1.82) is 0 Å². The Bertz CT molecular complexity index is 509. The number of nitrogen functional groups attached to an aromatic ring is 1. The second-order valence-electron chi connectivity index (χ2n) is 4.61. The van der Waals surface area contributed by atoms with Crippen molar-refractivity contribution in [3.63, 3.8) is 0 Å². The minimum Gasteiger partial charge on any atom is -0.399 e. The van der Waals surface area contributed by atoms with Crippen LogP contribution in [0, 0.1) is 0 Å². The molecule has 5 heteroatoms. The number of amides is 2. The van der Waals surface area contributed by atoms with Gasteiger partial charge in [-0.25, -0.2) is 0 Å². The van der Waals surface area contributed by atoms with Gasteiger partial charge in [-0.1, -0.05) is 0 Å². The van der Waals surface area contributed by atoms with Crippen molar-refractivity contribution in [1.82, 2.24) is 4.90 Å². The van der Waals surface area contributed by atoms with Crippen molar-refractivity contribution in [2.45, 2.75) is 20.3 Å². The number of benzene rings is 1. The molecule has 0 fully saturated rings. The molecule has 1 aliphatic heterocycles. The Morgan fingerprint density at radius 3 is 2.68 bits per heavy atom. The average molecular weight is 261 g/mol. The summed E-state index contributed by atoms with van der Waals surface area (Å²) < 4.78 is 0. The summed E-state index contributed by atoms with van der Waals surface area (Å²) in [6.45, 7) is 5.29. The van der Waals surface area contributed by atoms with Crippen LogP contribution in [0.15, 0.2) is 18.2 Å². The second kappa shape index (κ2) is 5.30. The predicted molar refractivity (Wildman–Crippen MR) is 74.8 cm³/mol. The van der Waals surface area contributed by atoms with E-state index in [-0.39, 0.29) is 18.4 Å². The van der Waals surface area contributed by atoms with Crippen LogP contribution in [0.3, 0.4) is 0 Å². The van der Waals surface area contributed by atoms with Gasteiger partial charge in [0, 0.05) is 24.5 Å². The largest absolute Gasteiger partial charge is 0.399 e. The minimum absolute atomic E-state index is 0.0250. The zero-order chi connectivity index (χ0) is 14.0. The molecule has 0 saturated carbocycles. The van der Waals surface area contributed by atoms with Crippen molar-refractivity contribution >= 4 is 23.2 Å². The molecule has 2 N–H and O–H groups in total. The lowest BCUT2D eigenvalue weighted by atomic mass is 10.1. The summed E-state index contributed by atoms with van der Waals surface area (Å²) in [7, 11) is 0. The smallest absolute Gasteiger partial charge is 0.242 e. The normalized spacial score (nSPS) is 13.6. The number of hydrogen-bond donors (Lipinski definition) is 1. The first-order chi connectivity index (χ1) is 9.06. The van der Waals surface area contributed by atoms with Crippen LogP contribution in [-0.2, 0) is 16.0 Å². The number of carbonyl (C=O) groups is 2. The first-order valence-corrected chi connectivity index (χ1v) is 6.53. The Labute approximate surface area is 113 Å². The molecule has 0 saturated heterocycles. The van der Waals surface area contributed by atoms with Gasteiger partial charge in [-0.15, -0.1) is 0 Å². The van der Waals surface area contributed by atoms with Crippen LogP contribution in [-0.4, -0.2) is 36.3 Å². The third kappa shape index (κ3) is 2.54. The molecule has 1 heterocycles. The average Bonchev–Trinajstić information content (AvgIpc) is 2.66. The van der Waals surface area contributed by atoms with Crippen LogP contribution >= 0.6 is 0 Å². The molecule has 1 aromatic carbocycles. The highest BCUT2D eigenvalue weighted by Crippen LogP contribution is 2.30. The maximum absolute atomic E-state index is 12.1. The summed E-state index contributed by atoms with van der Waals surface area (Å²) in [6.07, 6.45) is 0.325. The van der Waals surface area contributed by atoms with Crippen molar-refractivity contribution < 1.29 is 9.59 Å². The molecule has 1 aromatic rings. The molecule has 0 atom stereocenters. The summed E-state index contributed by atoms with van der Waals surface area (Å²) in [6, 6.07) is 5.37. The number of nitrogens with zero attached hydrogens (tertiary/aromatic N) is 2. The number of rotatable bonds is 4. The topological polar surface area (TPSA) is 66.6 Å². The quantitative estimate of drug-likeness (QED) is 0.823. The Kier molecular flexibility index (Phi) is 3.74. The first-order valence-electron chi connectivity index (χ1n) is 6.53.